The van der Waals surface area contributed by atoms with E-state index >= 15 is 0 Å². The Hall–Kier alpha value is -1.97. The molecule has 0 bridgehead atoms. The van der Waals surface area contributed by atoms with Gasteiger partial charge in [-0.05, 0) is 12.0 Å². The second-order valence-electron chi connectivity index (χ2n) is 3.95. The number of rotatable bonds is 2. The molecule has 82 valence electrons. The minimum absolute atomic E-state index is 0.193. The van der Waals surface area contributed by atoms with Crippen LogP contribution >= 0.6 is 0 Å². The van der Waals surface area contributed by atoms with Gasteiger partial charge in [0.25, 0.3) is 0 Å². The Labute approximate surface area is 93.1 Å². The molecule has 4 heteroatoms. The second kappa shape index (κ2) is 3.89. The van der Waals surface area contributed by atoms with Crippen LogP contribution in [-0.2, 0) is 0 Å². The van der Waals surface area contributed by atoms with Crippen molar-refractivity contribution in [1.29, 1.82) is 5.41 Å². The molecule has 0 amide bonds. The molecule has 0 atom stereocenters. The molecule has 1 aromatic carbocycles. The molecule has 4 nitrogen and oxygen atoms in total. The number of benzene rings is 1. The third-order valence-electron chi connectivity index (χ3n) is 2.54. The van der Waals surface area contributed by atoms with Crippen molar-refractivity contribution in [3.63, 3.8) is 0 Å². The van der Waals surface area contributed by atoms with Gasteiger partial charge in [-0.3, -0.25) is 9.98 Å². The Kier molecular flexibility index (Phi) is 2.56. The first-order chi connectivity index (χ1) is 7.65. The summed E-state index contributed by atoms with van der Waals surface area (Å²) in [5.41, 5.74) is 1.14. The smallest absolute Gasteiger partial charge is 0.291 e. The highest BCUT2D eigenvalue weighted by Gasteiger charge is 2.10. The first kappa shape index (κ1) is 10.5. The SMILES string of the molecule is CC(C)c1nc(=O)n(C=N)c2ccccc12. The van der Waals surface area contributed by atoms with Crippen LogP contribution < -0.4 is 5.69 Å². The molecule has 2 aromatic rings. The van der Waals surface area contributed by atoms with E-state index < -0.39 is 5.69 Å². The number of nitrogens with one attached hydrogen (secondary N) is 1. The number of hydrogen-bond donors (Lipinski definition) is 1. The quantitative estimate of drug-likeness (QED) is 0.615. The first-order valence-corrected chi connectivity index (χ1v) is 5.17. The van der Waals surface area contributed by atoms with Crippen LogP contribution in [0.3, 0.4) is 0 Å². The molecule has 0 unspecified atom stereocenters. The van der Waals surface area contributed by atoms with E-state index in [4.69, 9.17) is 5.41 Å². The summed E-state index contributed by atoms with van der Waals surface area (Å²) in [7, 11) is 0. The van der Waals surface area contributed by atoms with Gasteiger partial charge in [-0.1, -0.05) is 32.0 Å². The van der Waals surface area contributed by atoms with E-state index in [-0.39, 0.29) is 5.92 Å². The molecule has 2 rings (SSSR count). The second-order valence-corrected chi connectivity index (χ2v) is 3.95. The summed E-state index contributed by atoms with van der Waals surface area (Å²) < 4.78 is 1.25. The van der Waals surface area contributed by atoms with Crippen LogP contribution in [0.4, 0.5) is 0 Å². The third kappa shape index (κ3) is 1.52. The van der Waals surface area contributed by atoms with Crippen LogP contribution in [0.25, 0.3) is 10.9 Å². The predicted octanol–water partition coefficient (Wildman–Crippen LogP) is 1.98. The molecule has 1 N–H and O–H groups in total. The van der Waals surface area contributed by atoms with E-state index in [0.29, 0.717) is 0 Å². The van der Waals surface area contributed by atoms with Crippen molar-refractivity contribution < 1.29 is 0 Å². The van der Waals surface area contributed by atoms with Gasteiger partial charge in [0.2, 0.25) is 0 Å². The van der Waals surface area contributed by atoms with Crippen molar-refractivity contribution >= 4 is 17.2 Å². The van der Waals surface area contributed by atoms with E-state index in [9.17, 15) is 4.79 Å². The molecule has 1 heterocycles. The fourth-order valence-corrected chi connectivity index (χ4v) is 1.79. The maximum absolute atomic E-state index is 11.7. The standard InChI is InChI=1S/C12H13N3O/c1-8(2)11-9-5-3-4-6-10(9)15(7-13)12(16)14-11/h3-8,13H,1-2H3. The number of aromatic nitrogens is 2. The van der Waals surface area contributed by atoms with Gasteiger partial charge in [-0.2, -0.15) is 4.98 Å². The molecule has 0 saturated carbocycles. The largest absolute Gasteiger partial charge is 0.353 e. The van der Waals surface area contributed by atoms with Crippen molar-refractivity contribution in [1.82, 2.24) is 9.55 Å². The van der Waals surface area contributed by atoms with Crippen molar-refractivity contribution in [3.05, 3.63) is 40.4 Å². The van der Waals surface area contributed by atoms with Gasteiger partial charge < -0.3 is 0 Å². The van der Waals surface area contributed by atoms with E-state index in [1.807, 2.05) is 38.1 Å². The minimum atomic E-state index is -0.391. The van der Waals surface area contributed by atoms with Gasteiger partial charge in [-0.25, -0.2) is 4.79 Å². The summed E-state index contributed by atoms with van der Waals surface area (Å²) in [6, 6.07) is 7.52. The highest BCUT2D eigenvalue weighted by atomic mass is 16.1. The zero-order valence-corrected chi connectivity index (χ0v) is 9.27. The van der Waals surface area contributed by atoms with Gasteiger partial charge in [0.15, 0.2) is 0 Å². The Bertz CT molecular complexity index is 599. The van der Waals surface area contributed by atoms with Gasteiger partial charge in [0.1, 0.15) is 0 Å². The van der Waals surface area contributed by atoms with Crippen LogP contribution in [0.5, 0.6) is 0 Å². The highest BCUT2D eigenvalue weighted by molar-refractivity contribution is 5.86. The van der Waals surface area contributed by atoms with Crippen LogP contribution in [-0.4, -0.2) is 15.9 Å². The summed E-state index contributed by atoms with van der Waals surface area (Å²) >= 11 is 0. The zero-order chi connectivity index (χ0) is 11.7. The molecule has 0 spiro atoms. The summed E-state index contributed by atoms with van der Waals surface area (Å²) in [6.45, 7) is 4.01. The monoisotopic (exact) mass is 215 g/mol. The molecular weight excluding hydrogens is 202 g/mol. The lowest BCUT2D eigenvalue weighted by Crippen LogP contribution is -2.24. The number of para-hydroxylation sites is 1. The number of hydrogen-bond acceptors (Lipinski definition) is 3. The number of fused-ring (bicyclic) bond motifs is 1. The lowest BCUT2D eigenvalue weighted by molar-refractivity contribution is 0.809. The fraction of sp³-hybridized carbons (Fsp3) is 0.250. The topological polar surface area (TPSA) is 58.7 Å². The maximum atomic E-state index is 11.7. The summed E-state index contributed by atoms with van der Waals surface area (Å²) in [6.07, 6.45) is 1.00. The van der Waals surface area contributed by atoms with Gasteiger partial charge >= 0.3 is 5.69 Å². The molecule has 0 aliphatic carbocycles. The normalized spacial score (nSPS) is 10.9. The van der Waals surface area contributed by atoms with Gasteiger partial charge in [-0.15, -0.1) is 0 Å². The van der Waals surface area contributed by atoms with Crippen molar-refractivity contribution in [2.75, 3.05) is 0 Å². The van der Waals surface area contributed by atoms with E-state index in [0.717, 1.165) is 22.9 Å². The van der Waals surface area contributed by atoms with E-state index in [1.54, 1.807) is 0 Å². The van der Waals surface area contributed by atoms with Crippen molar-refractivity contribution in [2.45, 2.75) is 19.8 Å². The van der Waals surface area contributed by atoms with E-state index in [2.05, 4.69) is 4.98 Å². The van der Waals surface area contributed by atoms with Crippen molar-refractivity contribution in [3.8, 4) is 0 Å². The average molecular weight is 215 g/mol. The zero-order valence-electron chi connectivity index (χ0n) is 9.27. The first-order valence-electron chi connectivity index (χ1n) is 5.17. The Morgan fingerprint density at radius 2 is 2.06 bits per heavy atom. The van der Waals surface area contributed by atoms with Crippen LogP contribution in [0.1, 0.15) is 25.5 Å². The molecule has 0 aliphatic rings. The molecule has 0 fully saturated rings. The number of nitrogens with zero attached hydrogens (tertiary/aromatic N) is 2. The molecule has 1 aromatic heterocycles. The van der Waals surface area contributed by atoms with Crippen molar-refractivity contribution in [2.24, 2.45) is 0 Å². The average Bonchev–Trinajstić information content (AvgIpc) is 2.28. The maximum Gasteiger partial charge on any atom is 0.353 e. The van der Waals surface area contributed by atoms with Crippen LogP contribution in [0.2, 0.25) is 0 Å². The lowest BCUT2D eigenvalue weighted by Gasteiger charge is -2.10. The Balaban J connectivity index is 2.97. The summed E-state index contributed by atoms with van der Waals surface area (Å²) in [4.78, 5) is 15.7. The van der Waals surface area contributed by atoms with Gasteiger partial charge in [0.05, 0.1) is 17.5 Å². The predicted molar refractivity (Wildman–Crippen MR) is 64.3 cm³/mol. The minimum Gasteiger partial charge on any atom is -0.291 e. The third-order valence-corrected chi connectivity index (χ3v) is 2.54. The molecular formula is C12H13N3O. The summed E-state index contributed by atoms with van der Waals surface area (Å²) in [5.74, 6) is 0.193. The Morgan fingerprint density at radius 3 is 2.69 bits per heavy atom. The van der Waals surface area contributed by atoms with Crippen LogP contribution in [0.15, 0.2) is 29.1 Å². The summed E-state index contributed by atoms with van der Waals surface area (Å²) in [5, 5.41) is 8.17. The highest BCUT2D eigenvalue weighted by Crippen LogP contribution is 2.20. The van der Waals surface area contributed by atoms with Gasteiger partial charge in [0, 0.05) is 5.39 Å². The molecule has 0 aliphatic heterocycles. The molecule has 0 saturated heterocycles. The lowest BCUT2D eigenvalue weighted by atomic mass is 10.0. The van der Waals surface area contributed by atoms with Crippen LogP contribution in [0, 0.1) is 5.41 Å². The Morgan fingerprint density at radius 1 is 1.38 bits per heavy atom. The molecule has 0 radical (unpaired) electrons. The van der Waals surface area contributed by atoms with E-state index in [1.165, 1.54) is 4.57 Å². The molecule has 16 heavy (non-hydrogen) atoms. The fourth-order valence-electron chi connectivity index (χ4n) is 1.79.